The number of nitrogens with one attached hydrogen (secondary N) is 1. The Hall–Kier alpha value is -2.26. The molecule has 0 aliphatic carbocycles. The summed E-state index contributed by atoms with van der Waals surface area (Å²) >= 11 is 5.56. The summed E-state index contributed by atoms with van der Waals surface area (Å²) in [6.45, 7) is 0. The van der Waals surface area contributed by atoms with E-state index in [1.54, 1.807) is 0 Å². The van der Waals surface area contributed by atoms with Crippen LogP contribution in [0.5, 0.6) is 0 Å². The number of methoxy groups -OCH3 is 1. The van der Waals surface area contributed by atoms with Gasteiger partial charge in [-0.1, -0.05) is 11.6 Å². The molecule has 0 bridgehead atoms. The largest absolute Gasteiger partial charge is 0.465 e. The summed E-state index contributed by atoms with van der Waals surface area (Å²) < 4.78 is 57.9. The Morgan fingerprint density at radius 1 is 1.26 bits per heavy atom. The van der Waals surface area contributed by atoms with E-state index >= 15 is 0 Å². The molecule has 2 aromatic rings. The number of pyridine rings is 1. The third-order valence-corrected chi connectivity index (χ3v) is 4.28. The van der Waals surface area contributed by atoms with Crippen molar-refractivity contribution in [3.8, 4) is 0 Å². The molecular formula is C13H9ClF2N2O4S. The van der Waals surface area contributed by atoms with E-state index in [-0.39, 0.29) is 10.0 Å². The zero-order valence-electron chi connectivity index (χ0n) is 11.5. The van der Waals surface area contributed by atoms with Gasteiger partial charge in [0.2, 0.25) is 0 Å². The Morgan fingerprint density at radius 3 is 2.35 bits per heavy atom. The molecule has 0 radical (unpaired) electrons. The van der Waals surface area contributed by atoms with Gasteiger partial charge < -0.3 is 4.74 Å². The van der Waals surface area contributed by atoms with E-state index in [2.05, 4.69) is 9.72 Å². The Balaban J connectivity index is 2.37. The number of rotatable bonds is 4. The molecule has 0 amide bonds. The summed E-state index contributed by atoms with van der Waals surface area (Å²) in [7, 11) is -3.16. The summed E-state index contributed by atoms with van der Waals surface area (Å²) in [4.78, 5) is 14.6. The van der Waals surface area contributed by atoms with Crippen molar-refractivity contribution in [1.82, 2.24) is 4.98 Å². The Labute approximate surface area is 135 Å². The molecule has 0 fully saturated rings. The fourth-order valence-corrected chi connectivity index (χ4v) is 2.76. The van der Waals surface area contributed by atoms with Crippen LogP contribution in [0.1, 0.15) is 10.4 Å². The number of aromatic nitrogens is 1. The average molecular weight is 363 g/mol. The van der Waals surface area contributed by atoms with Gasteiger partial charge in [0.25, 0.3) is 10.0 Å². The molecule has 0 spiro atoms. The number of carbonyl (C=O) groups is 1. The van der Waals surface area contributed by atoms with Crippen LogP contribution in [0.15, 0.2) is 35.4 Å². The van der Waals surface area contributed by atoms with Crippen molar-refractivity contribution >= 4 is 33.3 Å². The molecule has 122 valence electrons. The van der Waals surface area contributed by atoms with Gasteiger partial charge in [0.05, 0.1) is 12.8 Å². The number of nitrogens with zero attached hydrogens (tertiary/aromatic N) is 1. The van der Waals surface area contributed by atoms with Crippen molar-refractivity contribution in [2.75, 3.05) is 11.8 Å². The minimum atomic E-state index is -4.12. The van der Waals surface area contributed by atoms with Crippen LogP contribution in [0.25, 0.3) is 0 Å². The molecule has 1 aromatic heterocycles. The van der Waals surface area contributed by atoms with Gasteiger partial charge in [-0.2, -0.15) is 0 Å². The highest BCUT2D eigenvalue weighted by atomic mass is 35.5. The normalized spacial score (nSPS) is 11.1. The smallest absolute Gasteiger partial charge is 0.343 e. The van der Waals surface area contributed by atoms with Crippen molar-refractivity contribution in [1.29, 1.82) is 0 Å². The molecule has 0 saturated carbocycles. The van der Waals surface area contributed by atoms with E-state index < -0.39 is 38.9 Å². The standard InChI is InChI=1S/C13H9ClF2N2O4S/c1-22-13(19)12-9(15)4-7(5-10(12)16)18-23(20,21)8-2-3-11(14)17-6-8/h2-6,18H,1H3. The first-order valence-electron chi connectivity index (χ1n) is 5.96. The van der Waals surface area contributed by atoms with Crippen LogP contribution < -0.4 is 4.72 Å². The zero-order valence-corrected chi connectivity index (χ0v) is 13.1. The number of carbonyl (C=O) groups excluding carboxylic acids is 1. The minimum Gasteiger partial charge on any atom is -0.465 e. The summed E-state index contributed by atoms with van der Waals surface area (Å²) in [5.74, 6) is -3.73. The van der Waals surface area contributed by atoms with Crippen molar-refractivity contribution in [2.45, 2.75) is 4.90 Å². The maximum Gasteiger partial charge on any atom is 0.343 e. The first kappa shape index (κ1) is 17.1. The molecule has 0 unspecified atom stereocenters. The van der Waals surface area contributed by atoms with Gasteiger partial charge in [0, 0.05) is 6.20 Å². The van der Waals surface area contributed by atoms with Crippen molar-refractivity contribution in [2.24, 2.45) is 0 Å². The van der Waals surface area contributed by atoms with Crippen LogP contribution in [0, 0.1) is 11.6 Å². The molecule has 6 nitrogen and oxygen atoms in total. The van der Waals surface area contributed by atoms with Crippen LogP contribution in [0.3, 0.4) is 0 Å². The lowest BCUT2D eigenvalue weighted by Gasteiger charge is -2.10. The fraction of sp³-hybridized carbons (Fsp3) is 0.0769. The molecular weight excluding hydrogens is 354 g/mol. The molecule has 10 heteroatoms. The number of hydrogen-bond acceptors (Lipinski definition) is 5. The van der Waals surface area contributed by atoms with Gasteiger partial charge in [-0.3, -0.25) is 4.72 Å². The number of esters is 1. The minimum absolute atomic E-state index is 0.0865. The lowest BCUT2D eigenvalue weighted by atomic mass is 10.2. The predicted octanol–water partition coefficient (Wildman–Crippen LogP) is 2.60. The van der Waals surface area contributed by atoms with E-state index in [0.29, 0.717) is 12.1 Å². The predicted molar refractivity (Wildman–Crippen MR) is 77.8 cm³/mol. The van der Waals surface area contributed by atoms with E-state index in [4.69, 9.17) is 11.6 Å². The summed E-state index contributed by atoms with van der Waals surface area (Å²) in [5.41, 5.74) is -1.31. The van der Waals surface area contributed by atoms with Gasteiger partial charge >= 0.3 is 5.97 Å². The molecule has 0 atom stereocenters. The lowest BCUT2D eigenvalue weighted by Crippen LogP contribution is -2.15. The van der Waals surface area contributed by atoms with Gasteiger partial charge in [-0.05, 0) is 24.3 Å². The first-order chi connectivity index (χ1) is 10.7. The highest BCUT2D eigenvalue weighted by molar-refractivity contribution is 7.92. The van der Waals surface area contributed by atoms with Gasteiger partial charge in [-0.15, -0.1) is 0 Å². The first-order valence-corrected chi connectivity index (χ1v) is 7.82. The number of anilines is 1. The number of ether oxygens (including phenoxy) is 1. The van der Waals surface area contributed by atoms with Crippen LogP contribution in [0.2, 0.25) is 5.15 Å². The third kappa shape index (κ3) is 3.74. The molecule has 2 rings (SSSR count). The van der Waals surface area contributed by atoms with Crippen LogP contribution in [0.4, 0.5) is 14.5 Å². The van der Waals surface area contributed by atoms with Crippen LogP contribution in [-0.4, -0.2) is 26.5 Å². The monoisotopic (exact) mass is 362 g/mol. The number of benzene rings is 1. The van der Waals surface area contributed by atoms with Crippen LogP contribution in [-0.2, 0) is 14.8 Å². The van der Waals surface area contributed by atoms with Crippen LogP contribution >= 0.6 is 11.6 Å². The molecule has 1 aromatic carbocycles. The molecule has 1 N–H and O–H groups in total. The van der Waals surface area contributed by atoms with E-state index in [1.165, 1.54) is 12.1 Å². The van der Waals surface area contributed by atoms with Crippen molar-refractivity contribution in [3.05, 3.63) is 52.8 Å². The molecule has 1 heterocycles. The highest BCUT2D eigenvalue weighted by Gasteiger charge is 2.21. The SMILES string of the molecule is COC(=O)c1c(F)cc(NS(=O)(=O)c2ccc(Cl)nc2)cc1F. The quantitative estimate of drug-likeness (QED) is 0.667. The van der Waals surface area contributed by atoms with Gasteiger partial charge in [-0.25, -0.2) is 27.0 Å². The molecule has 0 aliphatic heterocycles. The highest BCUT2D eigenvalue weighted by Crippen LogP contribution is 2.22. The second kappa shape index (κ2) is 6.47. The number of sulfonamides is 1. The summed E-state index contributed by atoms with van der Waals surface area (Å²) in [5, 5.41) is 0.0865. The van der Waals surface area contributed by atoms with E-state index in [9.17, 15) is 22.0 Å². The molecule has 0 saturated heterocycles. The zero-order chi connectivity index (χ0) is 17.2. The van der Waals surface area contributed by atoms with Crippen molar-refractivity contribution in [3.63, 3.8) is 0 Å². The maximum absolute atomic E-state index is 13.8. The second-order valence-corrected chi connectivity index (χ2v) is 6.30. The van der Waals surface area contributed by atoms with Gasteiger partial charge in [0.15, 0.2) is 0 Å². The summed E-state index contributed by atoms with van der Waals surface area (Å²) in [6, 6.07) is 3.75. The number of hydrogen-bond donors (Lipinski definition) is 1. The second-order valence-electron chi connectivity index (χ2n) is 4.23. The third-order valence-electron chi connectivity index (χ3n) is 2.69. The Bertz CT molecular complexity index is 834. The maximum atomic E-state index is 13.8. The summed E-state index contributed by atoms with van der Waals surface area (Å²) in [6.07, 6.45) is 0.986. The fourth-order valence-electron chi connectivity index (χ4n) is 1.66. The average Bonchev–Trinajstić information content (AvgIpc) is 2.46. The molecule has 23 heavy (non-hydrogen) atoms. The number of halogens is 3. The van der Waals surface area contributed by atoms with Gasteiger partial charge in [0.1, 0.15) is 27.2 Å². The van der Waals surface area contributed by atoms with Crippen molar-refractivity contribution < 1.29 is 26.7 Å². The lowest BCUT2D eigenvalue weighted by molar-refractivity contribution is 0.0590. The topological polar surface area (TPSA) is 85.4 Å². The van der Waals surface area contributed by atoms with E-state index in [0.717, 1.165) is 13.3 Å². The Morgan fingerprint density at radius 2 is 1.87 bits per heavy atom. The molecule has 0 aliphatic rings. The van der Waals surface area contributed by atoms with E-state index in [1.807, 2.05) is 4.72 Å². The Kier molecular flexibility index (Phi) is 4.81.